The maximum Gasteiger partial charge on any atom is 0.326 e. The van der Waals surface area contributed by atoms with Crippen molar-refractivity contribution >= 4 is 16.0 Å². The molecule has 0 bridgehead atoms. The van der Waals surface area contributed by atoms with Gasteiger partial charge in [0.15, 0.2) is 0 Å². The molecular weight excluding hydrogens is 342 g/mol. The van der Waals surface area contributed by atoms with Gasteiger partial charge >= 0.3 is 5.97 Å². The summed E-state index contributed by atoms with van der Waals surface area (Å²) in [5.41, 5.74) is 2.37. The van der Waals surface area contributed by atoms with Crippen LogP contribution in [0.25, 0.3) is 0 Å². The van der Waals surface area contributed by atoms with Crippen LogP contribution in [0.1, 0.15) is 22.7 Å². The molecule has 1 heterocycles. The molecule has 0 saturated carbocycles. The summed E-state index contributed by atoms with van der Waals surface area (Å²) in [4.78, 5) is 11.4. The van der Waals surface area contributed by atoms with E-state index in [1.165, 1.54) is 0 Å². The van der Waals surface area contributed by atoms with Crippen molar-refractivity contribution in [3.8, 4) is 5.75 Å². The minimum absolute atomic E-state index is 0.177. The van der Waals surface area contributed by atoms with Crippen molar-refractivity contribution < 1.29 is 23.1 Å². The Labute approximate surface area is 146 Å². The first kappa shape index (κ1) is 17.4. The molecule has 3 rings (SSSR count). The van der Waals surface area contributed by atoms with Crippen LogP contribution >= 0.6 is 0 Å². The largest absolute Gasteiger partial charge is 0.493 e. The summed E-state index contributed by atoms with van der Waals surface area (Å²) in [5, 5.41) is 9.34. The molecule has 2 aromatic carbocycles. The summed E-state index contributed by atoms with van der Waals surface area (Å²) in [6.07, 6.45) is 1.13. The highest BCUT2D eigenvalue weighted by Gasteiger charge is 2.25. The average molecular weight is 361 g/mol. The molecule has 6 nitrogen and oxygen atoms in total. The molecule has 0 amide bonds. The summed E-state index contributed by atoms with van der Waals surface area (Å²) in [7, 11) is -3.75. The van der Waals surface area contributed by atoms with E-state index in [9.17, 15) is 18.3 Å². The number of rotatable bonds is 7. The normalized spacial score (nSPS) is 14.6. The maximum absolute atomic E-state index is 12.3. The fraction of sp³-hybridized carbons (Fsp3) is 0.278. The zero-order valence-electron chi connectivity index (χ0n) is 13.5. The average Bonchev–Trinajstić information content (AvgIpc) is 3.06. The van der Waals surface area contributed by atoms with Gasteiger partial charge in [0.05, 0.1) is 12.4 Å². The number of carboxylic acids is 1. The molecular formula is C18H19NO5S. The van der Waals surface area contributed by atoms with Crippen molar-refractivity contribution in [1.29, 1.82) is 0 Å². The number of nitrogens with one attached hydrogen (secondary N) is 1. The lowest BCUT2D eigenvalue weighted by molar-refractivity contribution is -0.139. The molecule has 0 aliphatic carbocycles. The first-order valence-corrected chi connectivity index (χ1v) is 9.62. The second kappa shape index (κ2) is 7.25. The Hall–Kier alpha value is -2.38. The van der Waals surface area contributed by atoms with Gasteiger partial charge in [-0.3, -0.25) is 4.79 Å². The van der Waals surface area contributed by atoms with E-state index in [4.69, 9.17) is 4.74 Å². The zero-order valence-corrected chi connectivity index (χ0v) is 14.3. The van der Waals surface area contributed by atoms with Crippen molar-refractivity contribution in [2.24, 2.45) is 0 Å². The third kappa shape index (κ3) is 4.37. The number of fused-ring (bicyclic) bond motifs is 1. The third-order valence-corrected chi connectivity index (χ3v) is 5.43. The SMILES string of the molecule is O=C(O)[C@H](NS(=O)(=O)CCc1ccc2c(c1)CCO2)c1ccccc1. The van der Waals surface area contributed by atoms with Gasteiger partial charge in [0, 0.05) is 6.42 Å². The van der Waals surface area contributed by atoms with Crippen LogP contribution in [-0.2, 0) is 27.7 Å². The van der Waals surface area contributed by atoms with E-state index in [0.29, 0.717) is 18.6 Å². The summed E-state index contributed by atoms with van der Waals surface area (Å²) in [6.45, 7) is 0.649. The number of carbonyl (C=O) groups is 1. The molecule has 132 valence electrons. The Morgan fingerprint density at radius 1 is 1.20 bits per heavy atom. The van der Waals surface area contributed by atoms with Crippen LogP contribution in [0.5, 0.6) is 5.75 Å². The van der Waals surface area contributed by atoms with Crippen LogP contribution in [-0.4, -0.2) is 31.9 Å². The number of hydrogen-bond acceptors (Lipinski definition) is 4. The Morgan fingerprint density at radius 2 is 1.96 bits per heavy atom. The summed E-state index contributed by atoms with van der Waals surface area (Å²) >= 11 is 0. The maximum atomic E-state index is 12.3. The molecule has 1 atom stereocenters. The van der Waals surface area contributed by atoms with Crippen molar-refractivity contribution in [1.82, 2.24) is 4.72 Å². The quantitative estimate of drug-likeness (QED) is 0.786. The first-order chi connectivity index (χ1) is 11.9. The number of aryl methyl sites for hydroxylation is 1. The molecule has 0 fully saturated rings. The summed E-state index contributed by atoms with van der Waals surface area (Å²) in [6, 6.07) is 12.6. The van der Waals surface area contributed by atoms with E-state index in [1.54, 1.807) is 30.3 Å². The van der Waals surface area contributed by atoms with E-state index in [2.05, 4.69) is 4.72 Å². The standard InChI is InChI=1S/C18H19NO5S/c20-18(21)17(14-4-2-1-3-5-14)19-25(22,23)11-9-13-6-7-16-15(12-13)8-10-24-16/h1-7,12,17,19H,8-11H2,(H,20,21)/t17-/m1/s1. The molecule has 0 spiro atoms. The van der Waals surface area contributed by atoms with Gasteiger partial charge in [0.2, 0.25) is 10.0 Å². The van der Waals surface area contributed by atoms with Gasteiger partial charge in [0.1, 0.15) is 11.8 Å². The lowest BCUT2D eigenvalue weighted by atomic mass is 10.1. The van der Waals surface area contributed by atoms with E-state index in [1.807, 2.05) is 18.2 Å². The lowest BCUT2D eigenvalue weighted by Crippen LogP contribution is -2.35. The predicted molar refractivity (Wildman–Crippen MR) is 93.1 cm³/mol. The van der Waals surface area contributed by atoms with Gasteiger partial charge in [-0.05, 0) is 29.2 Å². The molecule has 0 aromatic heterocycles. The van der Waals surface area contributed by atoms with Crippen LogP contribution in [0, 0.1) is 0 Å². The van der Waals surface area contributed by atoms with Crippen molar-refractivity contribution in [2.45, 2.75) is 18.9 Å². The van der Waals surface area contributed by atoms with Crippen LogP contribution in [0.4, 0.5) is 0 Å². The number of carboxylic acid groups (broad SMARTS) is 1. The Balaban J connectivity index is 1.68. The van der Waals surface area contributed by atoms with Gasteiger partial charge in [-0.2, -0.15) is 4.72 Å². The van der Waals surface area contributed by atoms with Gasteiger partial charge in [-0.25, -0.2) is 8.42 Å². The number of benzene rings is 2. The Morgan fingerprint density at radius 3 is 2.68 bits per heavy atom. The first-order valence-electron chi connectivity index (χ1n) is 7.97. The smallest absolute Gasteiger partial charge is 0.326 e. The van der Waals surface area contributed by atoms with Crippen LogP contribution in [0.3, 0.4) is 0 Å². The van der Waals surface area contributed by atoms with E-state index >= 15 is 0 Å². The van der Waals surface area contributed by atoms with Crippen LogP contribution < -0.4 is 9.46 Å². The fourth-order valence-corrected chi connectivity index (χ4v) is 4.01. The number of sulfonamides is 1. The van der Waals surface area contributed by atoms with Gasteiger partial charge in [-0.15, -0.1) is 0 Å². The van der Waals surface area contributed by atoms with Crippen molar-refractivity contribution in [2.75, 3.05) is 12.4 Å². The molecule has 1 aliphatic heterocycles. The van der Waals surface area contributed by atoms with E-state index in [-0.39, 0.29) is 5.75 Å². The molecule has 2 aromatic rings. The Bertz CT molecular complexity index is 864. The minimum atomic E-state index is -3.75. The minimum Gasteiger partial charge on any atom is -0.493 e. The highest BCUT2D eigenvalue weighted by atomic mass is 32.2. The molecule has 25 heavy (non-hydrogen) atoms. The topological polar surface area (TPSA) is 92.7 Å². The van der Waals surface area contributed by atoms with Gasteiger partial charge in [-0.1, -0.05) is 42.5 Å². The molecule has 0 radical (unpaired) electrons. The highest BCUT2D eigenvalue weighted by molar-refractivity contribution is 7.89. The van der Waals surface area contributed by atoms with Gasteiger partial charge in [0.25, 0.3) is 0 Å². The fourth-order valence-electron chi connectivity index (χ4n) is 2.79. The Kier molecular flexibility index (Phi) is 5.06. The lowest BCUT2D eigenvalue weighted by Gasteiger charge is -2.15. The predicted octanol–water partition coefficient (Wildman–Crippen LogP) is 1.91. The zero-order chi connectivity index (χ0) is 17.9. The molecule has 0 saturated heterocycles. The van der Waals surface area contributed by atoms with Crippen LogP contribution in [0.15, 0.2) is 48.5 Å². The third-order valence-electron chi connectivity index (χ3n) is 4.09. The number of ether oxygens (including phenoxy) is 1. The van der Waals surface area contributed by atoms with Gasteiger partial charge < -0.3 is 9.84 Å². The van der Waals surface area contributed by atoms with Crippen LogP contribution in [0.2, 0.25) is 0 Å². The highest BCUT2D eigenvalue weighted by Crippen LogP contribution is 2.26. The number of aliphatic carboxylic acids is 1. The molecule has 2 N–H and O–H groups in total. The van der Waals surface area contributed by atoms with Crippen molar-refractivity contribution in [3.05, 3.63) is 65.2 Å². The van der Waals surface area contributed by atoms with E-state index < -0.39 is 22.0 Å². The van der Waals surface area contributed by atoms with E-state index in [0.717, 1.165) is 23.3 Å². The number of hydrogen-bond donors (Lipinski definition) is 2. The summed E-state index contributed by atoms with van der Waals surface area (Å²) < 4.78 is 32.4. The molecule has 1 aliphatic rings. The second-order valence-electron chi connectivity index (χ2n) is 5.91. The monoisotopic (exact) mass is 361 g/mol. The molecule has 7 heteroatoms. The summed E-state index contributed by atoms with van der Waals surface area (Å²) in [5.74, 6) is -0.562. The second-order valence-corrected chi connectivity index (χ2v) is 7.78. The van der Waals surface area contributed by atoms with Crippen molar-refractivity contribution in [3.63, 3.8) is 0 Å². The molecule has 0 unspecified atom stereocenters.